The standard InChI is InChI=1S/C20H24N6OS/c21-7-1-10-26-18(15-28-20(26)24-19-22-8-2-9-23-19)16-3-5-17(6-4-16)25-11-13-27-14-12-25/h2-6,8-9,15H,1,7,10-14,21H2. The van der Waals surface area contributed by atoms with E-state index in [1.54, 1.807) is 29.8 Å². The molecule has 28 heavy (non-hydrogen) atoms. The lowest BCUT2D eigenvalue weighted by molar-refractivity contribution is 0.122. The monoisotopic (exact) mass is 396 g/mol. The number of hydrogen-bond acceptors (Lipinski definition) is 7. The lowest BCUT2D eigenvalue weighted by atomic mass is 10.1. The van der Waals surface area contributed by atoms with E-state index in [0.717, 1.165) is 49.8 Å². The van der Waals surface area contributed by atoms with Crippen LogP contribution in [0, 0.1) is 0 Å². The summed E-state index contributed by atoms with van der Waals surface area (Å²) in [7, 11) is 0. The predicted octanol–water partition coefficient (Wildman–Crippen LogP) is 2.42. The van der Waals surface area contributed by atoms with Gasteiger partial charge in [-0.25, -0.2) is 9.97 Å². The zero-order valence-corrected chi connectivity index (χ0v) is 16.5. The van der Waals surface area contributed by atoms with Crippen molar-refractivity contribution in [3.63, 3.8) is 0 Å². The molecule has 0 amide bonds. The van der Waals surface area contributed by atoms with E-state index in [9.17, 15) is 0 Å². The van der Waals surface area contributed by atoms with E-state index in [0.29, 0.717) is 12.5 Å². The minimum Gasteiger partial charge on any atom is -0.378 e. The molecule has 8 heteroatoms. The fraction of sp³-hybridized carbons (Fsp3) is 0.350. The normalized spacial score (nSPS) is 15.2. The molecule has 1 fully saturated rings. The maximum absolute atomic E-state index is 5.76. The van der Waals surface area contributed by atoms with Gasteiger partial charge >= 0.3 is 0 Å². The highest BCUT2D eigenvalue weighted by molar-refractivity contribution is 7.07. The topological polar surface area (TPSA) is 81.6 Å². The van der Waals surface area contributed by atoms with Crippen LogP contribution >= 0.6 is 11.3 Å². The zero-order chi connectivity index (χ0) is 19.2. The number of ether oxygens (including phenoxy) is 1. The highest BCUT2D eigenvalue weighted by Crippen LogP contribution is 2.25. The number of benzene rings is 1. The first-order chi connectivity index (χ1) is 13.8. The van der Waals surface area contributed by atoms with Crippen molar-refractivity contribution in [3.8, 4) is 11.3 Å². The fourth-order valence-corrected chi connectivity index (χ4v) is 4.15. The van der Waals surface area contributed by atoms with E-state index in [2.05, 4.69) is 54.1 Å². The Morgan fingerprint density at radius 2 is 1.86 bits per heavy atom. The van der Waals surface area contributed by atoms with E-state index in [1.165, 1.54) is 11.3 Å². The van der Waals surface area contributed by atoms with Crippen LogP contribution in [0.3, 0.4) is 0 Å². The summed E-state index contributed by atoms with van der Waals surface area (Å²) >= 11 is 1.60. The number of aromatic nitrogens is 3. The van der Waals surface area contributed by atoms with Gasteiger partial charge in [0, 0.05) is 43.1 Å². The van der Waals surface area contributed by atoms with Gasteiger partial charge in [0.2, 0.25) is 0 Å². The van der Waals surface area contributed by atoms with Crippen molar-refractivity contribution in [2.45, 2.75) is 13.0 Å². The first-order valence-electron chi connectivity index (χ1n) is 9.48. The number of anilines is 1. The number of hydrogen-bond donors (Lipinski definition) is 1. The van der Waals surface area contributed by atoms with Crippen LogP contribution in [0.4, 0.5) is 11.6 Å². The van der Waals surface area contributed by atoms with Crippen LogP contribution in [-0.2, 0) is 11.3 Å². The van der Waals surface area contributed by atoms with Crippen molar-refractivity contribution in [2.24, 2.45) is 10.7 Å². The predicted molar refractivity (Wildman–Crippen MR) is 112 cm³/mol. The maximum atomic E-state index is 5.76. The molecule has 0 saturated carbocycles. The van der Waals surface area contributed by atoms with Crippen molar-refractivity contribution in [3.05, 3.63) is 52.9 Å². The molecule has 7 nitrogen and oxygen atoms in total. The van der Waals surface area contributed by atoms with Gasteiger partial charge in [-0.15, -0.1) is 11.3 Å². The van der Waals surface area contributed by atoms with Crippen molar-refractivity contribution in [2.75, 3.05) is 37.7 Å². The van der Waals surface area contributed by atoms with Gasteiger partial charge in [0.15, 0.2) is 4.80 Å². The molecule has 0 aliphatic carbocycles. The lowest BCUT2D eigenvalue weighted by Crippen LogP contribution is -2.36. The smallest absolute Gasteiger partial charge is 0.251 e. The van der Waals surface area contributed by atoms with Crippen molar-refractivity contribution >= 4 is 23.0 Å². The molecule has 3 aromatic rings. The van der Waals surface area contributed by atoms with Crippen LogP contribution in [0.15, 0.2) is 53.1 Å². The molecule has 0 bridgehead atoms. The summed E-state index contributed by atoms with van der Waals surface area (Å²) < 4.78 is 7.65. The third-order valence-corrected chi connectivity index (χ3v) is 5.53. The number of thiazole rings is 1. The second-order valence-corrected chi connectivity index (χ2v) is 7.34. The van der Waals surface area contributed by atoms with Gasteiger partial charge in [-0.2, -0.15) is 4.99 Å². The molecule has 0 unspecified atom stereocenters. The summed E-state index contributed by atoms with van der Waals surface area (Å²) in [5.74, 6) is 0.472. The number of rotatable bonds is 6. The first kappa shape index (κ1) is 18.8. The number of morpholine rings is 1. The van der Waals surface area contributed by atoms with Crippen LogP contribution in [0.2, 0.25) is 0 Å². The molecule has 146 valence electrons. The molecule has 2 N–H and O–H groups in total. The van der Waals surface area contributed by atoms with Crippen molar-refractivity contribution < 1.29 is 4.74 Å². The van der Waals surface area contributed by atoms with E-state index in [-0.39, 0.29) is 0 Å². The molecule has 1 aliphatic rings. The van der Waals surface area contributed by atoms with E-state index >= 15 is 0 Å². The molecule has 3 heterocycles. The summed E-state index contributed by atoms with van der Waals surface area (Å²) in [4.78, 5) is 16.3. The van der Waals surface area contributed by atoms with E-state index < -0.39 is 0 Å². The third kappa shape index (κ3) is 4.30. The molecule has 1 saturated heterocycles. The Hall–Kier alpha value is -2.55. The van der Waals surface area contributed by atoms with Crippen LogP contribution in [-0.4, -0.2) is 47.4 Å². The van der Waals surface area contributed by atoms with Gasteiger partial charge in [0.25, 0.3) is 5.95 Å². The second kappa shape index (κ2) is 9.09. The van der Waals surface area contributed by atoms with Gasteiger partial charge < -0.3 is 19.9 Å². The minimum absolute atomic E-state index is 0.472. The first-order valence-corrected chi connectivity index (χ1v) is 10.4. The summed E-state index contributed by atoms with van der Waals surface area (Å²) in [6.07, 6.45) is 4.29. The highest BCUT2D eigenvalue weighted by Gasteiger charge is 2.13. The Labute approximate surface area is 168 Å². The molecule has 0 spiro atoms. The van der Waals surface area contributed by atoms with Crippen molar-refractivity contribution in [1.82, 2.24) is 14.5 Å². The Bertz CT molecular complexity index is 945. The van der Waals surface area contributed by atoms with Crippen LogP contribution in [0.25, 0.3) is 11.3 Å². The molecule has 1 aromatic carbocycles. The largest absolute Gasteiger partial charge is 0.378 e. The Morgan fingerprint density at radius 3 is 2.57 bits per heavy atom. The maximum Gasteiger partial charge on any atom is 0.251 e. The minimum atomic E-state index is 0.472. The second-order valence-electron chi connectivity index (χ2n) is 6.50. The quantitative estimate of drug-likeness (QED) is 0.692. The van der Waals surface area contributed by atoms with Crippen LogP contribution in [0.5, 0.6) is 0 Å². The van der Waals surface area contributed by atoms with Crippen molar-refractivity contribution in [1.29, 1.82) is 0 Å². The Kier molecular flexibility index (Phi) is 6.11. The van der Waals surface area contributed by atoms with Crippen LogP contribution < -0.4 is 15.4 Å². The molecule has 1 aliphatic heterocycles. The molecule has 0 atom stereocenters. The van der Waals surface area contributed by atoms with Gasteiger partial charge in [-0.05, 0) is 36.7 Å². The summed E-state index contributed by atoms with van der Waals surface area (Å²) in [5.41, 5.74) is 9.30. The summed E-state index contributed by atoms with van der Waals surface area (Å²) in [5, 5.41) is 2.14. The SMILES string of the molecule is NCCCn1c(-c2ccc(N3CCOCC3)cc2)csc1=Nc1ncccn1. The number of nitrogens with two attached hydrogens (primary N) is 1. The van der Waals surface area contributed by atoms with Crippen LogP contribution in [0.1, 0.15) is 6.42 Å². The van der Waals surface area contributed by atoms with Gasteiger partial charge in [-0.3, -0.25) is 0 Å². The van der Waals surface area contributed by atoms with Gasteiger partial charge in [0.05, 0.1) is 18.9 Å². The average molecular weight is 397 g/mol. The zero-order valence-electron chi connectivity index (χ0n) is 15.7. The lowest BCUT2D eigenvalue weighted by Gasteiger charge is -2.28. The summed E-state index contributed by atoms with van der Waals surface area (Å²) in [6, 6.07) is 10.5. The van der Waals surface area contributed by atoms with E-state index in [4.69, 9.17) is 10.5 Å². The van der Waals surface area contributed by atoms with Gasteiger partial charge in [-0.1, -0.05) is 12.1 Å². The molecule has 4 rings (SSSR count). The van der Waals surface area contributed by atoms with Gasteiger partial charge in [0.1, 0.15) is 0 Å². The third-order valence-electron chi connectivity index (χ3n) is 4.67. The molecule has 2 aromatic heterocycles. The Balaban J connectivity index is 1.66. The fourth-order valence-electron chi connectivity index (χ4n) is 3.21. The average Bonchev–Trinajstić information content (AvgIpc) is 3.16. The number of nitrogens with zero attached hydrogens (tertiary/aromatic N) is 5. The van der Waals surface area contributed by atoms with E-state index in [1.807, 2.05) is 0 Å². The molecular weight excluding hydrogens is 372 g/mol. The molecular formula is C20H24N6OS. The molecule has 0 radical (unpaired) electrons. The highest BCUT2D eigenvalue weighted by atomic mass is 32.1. The Morgan fingerprint density at radius 1 is 1.11 bits per heavy atom. The summed E-state index contributed by atoms with van der Waals surface area (Å²) in [6.45, 7) is 4.91.